The first-order valence-electron chi connectivity index (χ1n) is 5.20. The van der Waals surface area contributed by atoms with E-state index in [0.29, 0.717) is 11.4 Å². The van der Waals surface area contributed by atoms with Crippen LogP contribution in [-0.4, -0.2) is 28.9 Å². The molecule has 0 atom stereocenters. The average Bonchev–Trinajstić information content (AvgIpc) is 2.64. The Hall–Kier alpha value is -0.880. The molecular weight excluding hydrogens is 262 g/mol. The number of sulfone groups is 1. The molecule has 0 unspecified atom stereocenters. The van der Waals surface area contributed by atoms with E-state index in [2.05, 4.69) is 10.1 Å². The van der Waals surface area contributed by atoms with Gasteiger partial charge in [0.1, 0.15) is 17.9 Å². The molecule has 0 radical (unpaired) electrons. The van der Waals surface area contributed by atoms with Crippen LogP contribution >= 0.6 is 11.6 Å². The van der Waals surface area contributed by atoms with E-state index in [9.17, 15) is 8.42 Å². The van der Waals surface area contributed by atoms with E-state index < -0.39 is 9.84 Å². The van der Waals surface area contributed by atoms with Crippen LogP contribution in [0.3, 0.4) is 0 Å². The van der Waals surface area contributed by atoms with Gasteiger partial charge in [-0.2, -0.15) is 5.10 Å². The zero-order valence-electron chi connectivity index (χ0n) is 10.1. The molecule has 0 spiro atoms. The van der Waals surface area contributed by atoms with Gasteiger partial charge in [-0.25, -0.2) is 18.1 Å². The van der Waals surface area contributed by atoms with Crippen LogP contribution in [0.4, 0.5) is 0 Å². The summed E-state index contributed by atoms with van der Waals surface area (Å²) in [5, 5.41) is 4.00. The fourth-order valence-corrected chi connectivity index (χ4v) is 3.08. The fourth-order valence-electron chi connectivity index (χ4n) is 1.43. The van der Waals surface area contributed by atoms with Crippen molar-refractivity contribution in [2.75, 3.05) is 5.75 Å². The van der Waals surface area contributed by atoms with Crippen LogP contribution in [0.1, 0.15) is 32.6 Å². The van der Waals surface area contributed by atoms with Crippen LogP contribution in [0, 0.1) is 0 Å². The van der Waals surface area contributed by atoms with Crippen molar-refractivity contribution in [2.45, 2.75) is 32.6 Å². The summed E-state index contributed by atoms with van der Waals surface area (Å²) in [5.74, 6) is 0.289. The first-order chi connectivity index (χ1) is 7.85. The molecule has 17 heavy (non-hydrogen) atoms. The van der Waals surface area contributed by atoms with E-state index in [1.54, 1.807) is 11.6 Å². The van der Waals surface area contributed by atoms with Crippen molar-refractivity contribution < 1.29 is 8.42 Å². The maximum Gasteiger partial charge on any atom is 0.161 e. The summed E-state index contributed by atoms with van der Waals surface area (Å²) in [7, 11) is -3.25. The van der Waals surface area contributed by atoms with Crippen LogP contribution < -0.4 is 0 Å². The molecule has 0 saturated heterocycles. The molecule has 0 aliphatic rings. The molecule has 0 aliphatic carbocycles. The Labute approximate surface area is 106 Å². The first-order valence-corrected chi connectivity index (χ1v) is 7.46. The molecule has 0 bridgehead atoms. The van der Waals surface area contributed by atoms with Crippen molar-refractivity contribution in [3.05, 3.63) is 23.3 Å². The van der Waals surface area contributed by atoms with Crippen molar-refractivity contribution >= 4 is 21.4 Å². The lowest BCUT2D eigenvalue weighted by Crippen LogP contribution is -2.16. The van der Waals surface area contributed by atoms with Gasteiger partial charge in [-0.1, -0.05) is 11.6 Å². The van der Waals surface area contributed by atoms with Gasteiger partial charge in [0.05, 0.1) is 5.75 Å². The minimum atomic E-state index is -3.25. The van der Waals surface area contributed by atoms with E-state index >= 15 is 0 Å². The maximum atomic E-state index is 11.9. The van der Waals surface area contributed by atoms with Gasteiger partial charge in [-0.15, -0.1) is 0 Å². The van der Waals surface area contributed by atoms with Crippen molar-refractivity contribution in [1.29, 1.82) is 0 Å². The lowest BCUT2D eigenvalue weighted by molar-refractivity contribution is 0.511. The summed E-state index contributed by atoms with van der Waals surface area (Å²) in [4.78, 5) is 3.98. The third-order valence-corrected chi connectivity index (χ3v) is 4.08. The Balaban J connectivity index is 2.87. The van der Waals surface area contributed by atoms with E-state index in [-0.39, 0.29) is 17.5 Å². The summed E-state index contributed by atoms with van der Waals surface area (Å²) in [6.45, 7) is 5.53. The Bertz CT molecular complexity index is 505. The third kappa shape index (κ3) is 4.12. The highest BCUT2D eigenvalue weighted by molar-refractivity contribution is 7.90. The summed E-state index contributed by atoms with van der Waals surface area (Å²) < 4.78 is 25.3. The lowest BCUT2D eigenvalue weighted by atomic mass is 10.4. The van der Waals surface area contributed by atoms with Gasteiger partial charge in [0.15, 0.2) is 9.84 Å². The van der Waals surface area contributed by atoms with Gasteiger partial charge >= 0.3 is 0 Å². The van der Waals surface area contributed by atoms with Crippen LogP contribution in [-0.2, 0) is 15.6 Å². The van der Waals surface area contributed by atoms with Crippen LogP contribution in [0.2, 0.25) is 0 Å². The number of nitrogens with zero attached hydrogens (tertiary/aromatic N) is 3. The summed E-state index contributed by atoms with van der Waals surface area (Å²) in [6, 6.07) is 0.0902. The van der Waals surface area contributed by atoms with Crippen molar-refractivity contribution in [2.24, 2.45) is 0 Å². The van der Waals surface area contributed by atoms with Crippen LogP contribution in [0.5, 0.6) is 0 Å². The van der Waals surface area contributed by atoms with Gasteiger partial charge in [0.2, 0.25) is 0 Å². The summed E-state index contributed by atoms with van der Waals surface area (Å²) in [5.41, 5.74) is 1.90. The second-order valence-electron chi connectivity index (χ2n) is 4.20. The van der Waals surface area contributed by atoms with Gasteiger partial charge in [-0.3, -0.25) is 0 Å². The number of halogens is 1. The van der Waals surface area contributed by atoms with Crippen molar-refractivity contribution in [3.63, 3.8) is 0 Å². The highest BCUT2D eigenvalue weighted by Crippen LogP contribution is 2.11. The van der Waals surface area contributed by atoms with Crippen LogP contribution in [0.15, 0.2) is 17.4 Å². The molecule has 0 amide bonds. The molecule has 96 valence electrons. The van der Waals surface area contributed by atoms with Gasteiger partial charge in [0, 0.05) is 11.6 Å². The lowest BCUT2D eigenvalue weighted by Gasteiger charge is -2.09. The normalized spacial score (nSPS) is 13.4. The number of rotatable bonds is 5. The molecule has 0 aromatic carbocycles. The molecule has 5 nitrogen and oxygen atoms in total. The van der Waals surface area contributed by atoms with E-state index in [4.69, 9.17) is 11.6 Å². The standard InChI is InChI=1S/C10H16ClN3O2S/c1-8(2)14-10(12-7-13-14)6-17(15,16)5-9(3)4-11/h4,7-8H,5-6H2,1-3H3/b9-4+. The Morgan fingerprint density at radius 2 is 2.24 bits per heavy atom. The minimum Gasteiger partial charge on any atom is -0.247 e. The van der Waals surface area contributed by atoms with Crippen LogP contribution in [0.25, 0.3) is 0 Å². The molecule has 1 rings (SSSR count). The summed E-state index contributed by atoms with van der Waals surface area (Å²) in [6.07, 6.45) is 1.37. The minimum absolute atomic E-state index is 0.0541. The van der Waals surface area contributed by atoms with Gasteiger partial charge < -0.3 is 0 Å². The zero-order chi connectivity index (χ0) is 13.1. The second-order valence-corrected chi connectivity index (χ2v) is 6.48. The largest absolute Gasteiger partial charge is 0.247 e. The Morgan fingerprint density at radius 3 is 2.76 bits per heavy atom. The molecular formula is C10H16ClN3O2S. The molecule has 1 aromatic rings. The van der Waals surface area contributed by atoms with E-state index in [1.165, 1.54) is 11.9 Å². The molecule has 7 heteroatoms. The second kappa shape index (κ2) is 5.64. The highest BCUT2D eigenvalue weighted by Gasteiger charge is 2.18. The molecule has 0 aliphatic heterocycles. The SMILES string of the molecule is C/C(=C\Cl)CS(=O)(=O)Cc1ncnn1C(C)C. The highest BCUT2D eigenvalue weighted by atomic mass is 35.5. The Morgan fingerprint density at radius 1 is 1.59 bits per heavy atom. The predicted octanol–water partition coefficient (Wildman–Crippen LogP) is 1.92. The van der Waals surface area contributed by atoms with E-state index in [0.717, 1.165) is 0 Å². The maximum absolute atomic E-state index is 11.9. The quantitative estimate of drug-likeness (QED) is 0.825. The fraction of sp³-hybridized carbons (Fsp3) is 0.600. The molecule has 0 saturated carbocycles. The number of hydrogen-bond acceptors (Lipinski definition) is 4. The van der Waals surface area contributed by atoms with E-state index in [1.807, 2.05) is 13.8 Å². The van der Waals surface area contributed by atoms with Crippen molar-refractivity contribution in [3.8, 4) is 0 Å². The zero-order valence-corrected chi connectivity index (χ0v) is 11.7. The Kier molecular flexibility index (Phi) is 4.70. The predicted molar refractivity (Wildman–Crippen MR) is 67.5 cm³/mol. The molecule has 0 fully saturated rings. The monoisotopic (exact) mass is 277 g/mol. The molecule has 0 N–H and O–H groups in total. The molecule has 1 aromatic heterocycles. The number of aromatic nitrogens is 3. The first kappa shape index (κ1) is 14.2. The van der Waals surface area contributed by atoms with Crippen molar-refractivity contribution in [1.82, 2.24) is 14.8 Å². The number of hydrogen-bond donors (Lipinski definition) is 0. The summed E-state index contributed by atoms with van der Waals surface area (Å²) >= 11 is 5.46. The third-order valence-electron chi connectivity index (χ3n) is 2.12. The molecule has 1 heterocycles. The smallest absolute Gasteiger partial charge is 0.161 e. The topological polar surface area (TPSA) is 64.8 Å². The average molecular weight is 278 g/mol. The van der Waals surface area contributed by atoms with Gasteiger partial charge in [0.25, 0.3) is 0 Å². The van der Waals surface area contributed by atoms with Gasteiger partial charge in [-0.05, 0) is 26.3 Å².